The zero-order valence-corrected chi connectivity index (χ0v) is 17.8. The molecule has 2 aromatic carbocycles. The molecule has 2 aromatic heterocycles. The number of thiazole rings is 1. The highest BCUT2D eigenvalue weighted by Crippen LogP contribution is 2.30. The SMILES string of the molecule is [C-]#[N+]c1ccc(-c2ccn(-c3ccc(CNC(=O)c4scnc4C)c(F)c3)n2)cc1Cl. The minimum atomic E-state index is -0.444. The van der Waals surface area contributed by atoms with Gasteiger partial charge >= 0.3 is 0 Å². The van der Waals surface area contributed by atoms with Crippen LogP contribution in [0.15, 0.2) is 54.2 Å². The maximum absolute atomic E-state index is 14.6. The highest BCUT2D eigenvalue weighted by Gasteiger charge is 2.13. The van der Waals surface area contributed by atoms with Gasteiger partial charge in [0.15, 0.2) is 0 Å². The van der Waals surface area contributed by atoms with Gasteiger partial charge in [0.1, 0.15) is 10.7 Å². The van der Waals surface area contributed by atoms with Crippen molar-refractivity contribution in [1.29, 1.82) is 0 Å². The first-order valence-electron chi connectivity index (χ1n) is 9.16. The van der Waals surface area contributed by atoms with Crippen molar-refractivity contribution in [3.05, 3.63) is 92.6 Å². The molecule has 0 saturated heterocycles. The van der Waals surface area contributed by atoms with Crippen LogP contribution >= 0.6 is 22.9 Å². The van der Waals surface area contributed by atoms with E-state index in [1.165, 1.54) is 17.4 Å². The molecule has 4 aromatic rings. The molecule has 0 fully saturated rings. The number of aryl methyl sites for hydroxylation is 1. The van der Waals surface area contributed by atoms with Crippen LogP contribution in [0.2, 0.25) is 5.02 Å². The Labute approximate surface area is 186 Å². The topological polar surface area (TPSA) is 64.2 Å². The minimum absolute atomic E-state index is 0.0680. The molecule has 0 unspecified atom stereocenters. The number of halogens is 2. The fraction of sp³-hybridized carbons (Fsp3) is 0.0909. The van der Waals surface area contributed by atoms with Crippen molar-refractivity contribution in [2.45, 2.75) is 13.5 Å². The van der Waals surface area contributed by atoms with Crippen molar-refractivity contribution in [2.75, 3.05) is 0 Å². The lowest BCUT2D eigenvalue weighted by Crippen LogP contribution is -2.23. The van der Waals surface area contributed by atoms with Crippen LogP contribution in [0, 0.1) is 19.3 Å². The second-order valence-electron chi connectivity index (χ2n) is 6.65. The molecule has 0 bridgehead atoms. The van der Waals surface area contributed by atoms with Gasteiger partial charge in [-0.3, -0.25) is 4.79 Å². The lowest BCUT2D eigenvalue weighted by molar-refractivity contribution is 0.0954. The summed E-state index contributed by atoms with van der Waals surface area (Å²) in [6.45, 7) is 8.90. The molecule has 9 heteroatoms. The van der Waals surface area contributed by atoms with Gasteiger partial charge in [-0.1, -0.05) is 29.8 Å². The van der Waals surface area contributed by atoms with Gasteiger partial charge in [0.25, 0.3) is 5.91 Å². The highest BCUT2D eigenvalue weighted by molar-refractivity contribution is 7.11. The molecule has 1 N–H and O–H groups in total. The lowest BCUT2D eigenvalue weighted by Gasteiger charge is -2.08. The van der Waals surface area contributed by atoms with Crippen LogP contribution in [0.3, 0.4) is 0 Å². The van der Waals surface area contributed by atoms with E-state index in [4.69, 9.17) is 18.2 Å². The minimum Gasteiger partial charge on any atom is -0.347 e. The highest BCUT2D eigenvalue weighted by atomic mass is 35.5. The van der Waals surface area contributed by atoms with Crippen LogP contribution in [0.25, 0.3) is 21.8 Å². The molecule has 1 amide bonds. The van der Waals surface area contributed by atoms with Crippen molar-refractivity contribution < 1.29 is 9.18 Å². The Balaban J connectivity index is 1.50. The van der Waals surface area contributed by atoms with Crippen LogP contribution < -0.4 is 5.32 Å². The van der Waals surface area contributed by atoms with Gasteiger partial charge in [0, 0.05) is 28.9 Å². The monoisotopic (exact) mass is 451 g/mol. The summed E-state index contributed by atoms with van der Waals surface area (Å²) in [4.78, 5) is 20.1. The molecule has 31 heavy (non-hydrogen) atoms. The number of benzene rings is 2. The predicted octanol–water partition coefficient (Wildman–Crippen LogP) is 5.58. The number of rotatable bonds is 5. The summed E-state index contributed by atoms with van der Waals surface area (Å²) in [7, 11) is 0. The smallest absolute Gasteiger partial charge is 0.263 e. The first-order valence-corrected chi connectivity index (χ1v) is 10.4. The van der Waals surface area contributed by atoms with Crippen molar-refractivity contribution in [3.63, 3.8) is 0 Å². The van der Waals surface area contributed by atoms with E-state index >= 15 is 0 Å². The van der Waals surface area contributed by atoms with E-state index < -0.39 is 5.82 Å². The Morgan fingerprint density at radius 2 is 2.13 bits per heavy atom. The Morgan fingerprint density at radius 3 is 2.81 bits per heavy atom. The first kappa shape index (κ1) is 20.7. The number of nitrogens with zero attached hydrogens (tertiary/aromatic N) is 4. The number of hydrogen-bond donors (Lipinski definition) is 1. The van der Waals surface area contributed by atoms with Gasteiger partial charge in [0.05, 0.1) is 29.2 Å². The van der Waals surface area contributed by atoms with E-state index in [9.17, 15) is 9.18 Å². The average Bonchev–Trinajstić information content (AvgIpc) is 3.42. The summed E-state index contributed by atoms with van der Waals surface area (Å²) in [5, 5.41) is 7.55. The quantitative estimate of drug-likeness (QED) is 0.403. The largest absolute Gasteiger partial charge is 0.347 e. The number of amides is 1. The molecule has 154 valence electrons. The number of nitrogens with one attached hydrogen (secondary N) is 1. The summed E-state index contributed by atoms with van der Waals surface area (Å²) in [6.07, 6.45) is 1.72. The van der Waals surface area contributed by atoms with Crippen molar-refractivity contribution >= 4 is 34.5 Å². The number of hydrogen-bond acceptors (Lipinski definition) is 4. The summed E-state index contributed by atoms with van der Waals surface area (Å²) in [6, 6.07) is 11.6. The summed E-state index contributed by atoms with van der Waals surface area (Å²) < 4.78 is 16.2. The molecule has 0 radical (unpaired) electrons. The van der Waals surface area contributed by atoms with Crippen LogP contribution in [0.5, 0.6) is 0 Å². The van der Waals surface area contributed by atoms with E-state index in [2.05, 4.69) is 20.2 Å². The molecular formula is C22H15ClFN5OS. The zero-order valence-electron chi connectivity index (χ0n) is 16.3. The van der Waals surface area contributed by atoms with Crippen molar-refractivity contribution in [3.8, 4) is 16.9 Å². The second kappa shape index (κ2) is 8.68. The van der Waals surface area contributed by atoms with Crippen molar-refractivity contribution in [1.82, 2.24) is 20.1 Å². The fourth-order valence-corrected chi connectivity index (χ4v) is 3.92. The molecular weight excluding hydrogens is 437 g/mol. The fourth-order valence-electron chi connectivity index (χ4n) is 2.98. The molecule has 0 aliphatic rings. The summed E-state index contributed by atoms with van der Waals surface area (Å²) in [5.74, 6) is -0.719. The Bertz CT molecular complexity index is 1320. The van der Waals surface area contributed by atoms with Crippen LogP contribution in [-0.4, -0.2) is 20.7 Å². The van der Waals surface area contributed by atoms with Crippen LogP contribution in [0.4, 0.5) is 10.1 Å². The molecule has 0 spiro atoms. The molecule has 0 aliphatic carbocycles. The van der Waals surface area contributed by atoms with E-state index in [-0.39, 0.29) is 12.5 Å². The first-order chi connectivity index (χ1) is 15.0. The van der Waals surface area contributed by atoms with Gasteiger partial charge in [-0.15, -0.1) is 11.3 Å². The van der Waals surface area contributed by atoms with E-state index in [0.717, 1.165) is 5.56 Å². The molecule has 0 aliphatic heterocycles. The normalized spacial score (nSPS) is 10.6. The van der Waals surface area contributed by atoms with E-state index in [1.54, 1.807) is 59.7 Å². The lowest BCUT2D eigenvalue weighted by atomic mass is 10.1. The number of aromatic nitrogens is 3. The summed E-state index contributed by atoms with van der Waals surface area (Å²) >= 11 is 7.35. The maximum Gasteiger partial charge on any atom is 0.263 e. The van der Waals surface area contributed by atoms with Gasteiger partial charge < -0.3 is 5.32 Å². The zero-order chi connectivity index (χ0) is 22.0. The molecule has 6 nitrogen and oxygen atoms in total. The third kappa shape index (κ3) is 4.33. The Kier molecular flexibility index (Phi) is 5.80. The summed E-state index contributed by atoms with van der Waals surface area (Å²) in [5.41, 5.74) is 4.95. The molecule has 0 atom stereocenters. The van der Waals surface area contributed by atoms with Gasteiger partial charge in [-0.05, 0) is 31.2 Å². The van der Waals surface area contributed by atoms with E-state index in [0.29, 0.717) is 38.2 Å². The van der Waals surface area contributed by atoms with Gasteiger partial charge in [-0.25, -0.2) is 18.9 Å². The van der Waals surface area contributed by atoms with Crippen LogP contribution in [-0.2, 0) is 6.54 Å². The third-order valence-electron chi connectivity index (χ3n) is 4.65. The maximum atomic E-state index is 14.6. The second-order valence-corrected chi connectivity index (χ2v) is 7.91. The number of carbonyl (C=O) groups is 1. The van der Waals surface area contributed by atoms with E-state index in [1.807, 2.05) is 0 Å². The standard InChI is InChI=1S/C22H15ClFN5OS/c1-13-21(31-12-27-13)22(30)26-11-15-3-5-16(10-18(15)24)29-8-7-19(28-29)14-4-6-20(25-2)17(23)9-14/h3-10,12H,11H2,1H3,(H,26,30). The average molecular weight is 452 g/mol. The number of carbonyl (C=O) groups excluding carboxylic acids is 1. The predicted molar refractivity (Wildman–Crippen MR) is 118 cm³/mol. The van der Waals surface area contributed by atoms with Gasteiger partial charge in [0.2, 0.25) is 5.69 Å². The molecule has 2 heterocycles. The molecule has 0 saturated carbocycles. The molecule has 4 rings (SSSR count). The Hall–Kier alpha value is -3.54. The van der Waals surface area contributed by atoms with Crippen LogP contribution in [0.1, 0.15) is 20.9 Å². The van der Waals surface area contributed by atoms with Gasteiger partial charge in [-0.2, -0.15) is 5.10 Å². The van der Waals surface area contributed by atoms with Crippen molar-refractivity contribution in [2.24, 2.45) is 0 Å². The third-order valence-corrected chi connectivity index (χ3v) is 5.88. The Morgan fingerprint density at radius 1 is 1.29 bits per heavy atom.